The van der Waals surface area contributed by atoms with E-state index in [9.17, 15) is 9.59 Å². The summed E-state index contributed by atoms with van der Waals surface area (Å²) in [5, 5.41) is 11.7. The van der Waals surface area contributed by atoms with E-state index in [-0.39, 0.29) is 17.5 Å². The van der Waals surface area contributed by atoms with Gasteiger partial charge in [-0.25, -0.2) is 0 Å². The normalized spacial score (nSPS) is 14.2. The van der Waals surface area contributed by atoms with Crippen molar-refractivity contribution in [3.8, 4) is 0 Å². The molecule has 1 aromatic carbocycles. The van der Waals surface area contributed by atoms with Crippen molar-refractivity contribution in [1.82, 2.24) is 16.1 Å². The number of hydrazone groups is 1. The molecule has 8 heteroatoms. The highest BCUT2D eigenvalue weighted by atomic mass is 32.1. The third-order valence-corrected chi connectivity index (χ3v) is 2.33. The Labute approximate surface area is 114 Å². The van der Waals surface area contributed by atoms with E-state index in [4.69, 9.17) is 12.2 Å². The topological polar surface area (TPSA) is 94.6 Å². The minimum atomic E-state index is -0.411. The Kier molecular flexibility index (Phi) is 4.04. The lowest BCUT2D eigenvalue weighted by Gasteiger charge is -2.15. The monoisotopic (exact) mass is 277 g/mol. The molecule has 0 aliphatic carbocycles. The number of hydrogen-bond donors (Lipinski definition) is 4. The fraction of sp³-hybridized carbons (Fsp3) is 0.0909. The van der Waals surface area contributed by atoms with E-state index >= 15 is 0 Å². The third kappa shape index (κ3) is 4.03. The molecule has 1 heterocycles. The van der Waals surface area contributed by atoms with Crippen LogP contribution in [0, 0.1) is 0 Å². The van der Waals surface area contributed by atoms with Crippen LogP contribution in [-0.2, 0) is 9.59 Å². The maximum absolute atomic E-state index is 11.1. The molecule has 4 N–H and O–H groups in total. The van der Waals surface area contributed by atoms with E-state index in [2.05, 4.69) is 26.5 Å². The van der Waals surface area contributed by atoms with Crippen LogP contribution in [0.4, 0.5) is 5.69 Å². The zero-order valence-electron chi connectivity index (χ0n) is 9.77. The summed E-state index contributed by atoms with van der Waals surface area (Å²) in [4.78, 5) is 22.2. The van der Waals surface area contributed by atoms with Gasteiger partial charge in [0.25, 0.3) is 0 Å². The Morgan fingerprint density at radius 1 is 1.16 bits per heavy atom. The number of carbonyl (C=O) groups is 2. The number of rotatable bonds is 2. The molecule has 0 atom stereocenters. The van der Waals surface area contributed by atoms with Crippen LogP contribution in [0.15, 0.2) is 35.4 Å². The van der Waals surface area contributed by atoms with Crippen molar-refractivity contribution in [2.75, 3.05) is 5.32 Å². The molecule has 0 saturated carbocycles. The van der Waals surface area contributed by atoms with Crippen molar-refractivity contribution in [2.45, 2.75) is 6.42 Å². The van der Waals surface area contributed by atoms with Gasteiger partial charge in [0.15, 0.2) is 5.11 Å². The van der Waals surface area contributed by atoms with Crippen LogP contribution in [0.2, 0.25) is 0 Å². The first-order valence-corrected chi connectivity index (χ1v) is 5.84. The van der Waals surface area contributed by atoms with Crippen LogP contribution in [0.25, 0.3) is 0 Å². The number of benzene rings is 1. The summed E-state index contributed by atoms with van der Waals surface area (Å²) in [5.41, 5.74) is 3.32. The Morgan fingerprint density at radius 3 is 2.42 bits per heavy atom. The van der Waals surface area contributed by atoms with E-state index in [1.807, 2.05) is 30.3 Å². The van der Waals surface area contributed by atoms with Crippen molar-refractivity contribution in [3.63, 3.8) is 0 Å². The van der Waals surface area contributed by atoms with Crippen LogP contribution >= 0.6 is 12.2 Å². The molecule has 0 bridgehead atoms. The predicted molar refractivity (Wildman–Crippen MR) is 74.1 cm³/mol. The number of para-hydroxylation sites is 1. The van der Waals surface area contributed by atoms with E-state index in [0.717, 1.165) is 5.69 Å². The first-order chi connectivity index (χ1) is 9.13. The maximum atomic E-state index is 11.1. The summed E-state index contributed by atoms with van der Waals surface area (Å²) >= 11 is 5.01. The first-order valence-electron chi connectivity index (χ1n) is 5.43. The number of nitrogens with one attached hydrogen (secondary N) is 4. The van der Waals surface area contributed by atoms with Crippen LogP contribution in [0.1, 0.15) is 6.42 Å². The van der Waals surface area contributed by atoms with Gasteiger partial charge in [0, 0.05) is 5.69 Å². The lowest BCUT2D eigenvalue weighted by atomic mass is 10.3. The van der Waals surface area contributed by atoms with Crippen molar-refractivity contribution in [2.24, 2.45) is 5.10 Å². The highest BCUT2D eigenvalue weighted by Gasteiger charge is 2.19. The summed E-state index contributed by atoms with van der Waals surface area (Å²) in [5.74, 6) is -0.795. The highest BCUT2D eigenvalue weighted by Crippen LogP contribution is 2.04. The number of thiocarbonyl (C=S) groups is 1. The van der Waals surface area contributed by atoms with E-state index < -0.39 is 11.8 Å². The van der Waals surface area contributed by atoms with Gasteiger partial charge < -0.3 is 5.32 Å². The van der Waals surface area contributed by atoms with Crippen LogP contribution in [0.3, 0.4) is 0 Å². The molecule has 7 nitrogen and oxygen atoms in total. The van der Waals surface area contributed by atoms with Crippen LogP contribution < -0.4 is 21.4 Å². The number of carbonyl (C=O) groups excluding carboxylic acids is 2. The molecule has 0 radical (unpaired) electrons. The van der Waals surface area contributed by atoms with Crippen molar-refractivity contribution in [1.29, 1.82) is 0 Å². The molecule has 2 rings (SSSR count). The average Bonchev–Trinajstić information content (AvgIpc) is 2.36. The Balaban J connectivity index is 1.89. The summed E-state index contributed by atoms with van der Waals surface area (Å²) < 4.78 is 0. The standard InChI is InChI=1S/C11H11N5O2S/c17-8-6-9(18)14-10(13-8)15-16-11(19)12-7-4-2-1-3-5-7/h1-5H,6H2,(H2,12,16,19)(H2,13,14,15,17,18). The van der Waals surface area contributed by atoms with Gasteiger partial charge in [0.05, 0.1) is 0 Å². The summed E-state index contributed by atoms with van der Waals surface area (Å²) in [6.07, 6.45) is -0.203. The molecule has 1 saturated heterocycles. The number of nitrogens with zero attached hydrogens (tertiary/aromatic N) is 1. The zero-order chi connectivity index (χ0) is 13.7. The van der Waals surface area contributed by atoms with Gasteiger partial charge in [0.1, 0.15) is 6.42 Å². The van der Waals surface area contributed by atoms with Gasteiger partial charge in [-0.2, -0.15) is 0 Å². The van der Waals surface area contributed by atoms with Crippen LogP contribution in [-0.4, -0.2) is 22.9 Å². The number of anilines is 1. The summed E-state index contributed by atoms with van der Waals surface area (Å²) in [6, 6.07) is 9.28. The molecule has 98 valence electrons. The van der Waals surface area contributed by atoms with Gasteiger partial charge in [-0.3, -0.25) is 25.6 Å². The number of amides is 2. The Hall–Kier alpha value is -2.48. The van der Waals surface area contributed by atoms with Gasteiger partial charge in [-0.15, -0.1) is 5.10 Å². The molecule has 0 aromatic heterocycles. The Morgan fingerprint density at radius 2 is 1.79 bits per heavy atom. The molecule has 1 fully saturated rings. The second-order valence-corrected chi connectivity index (χ2v) is 4.07. The third-order valence-electron chi connectivity index (χ3n) is 2.14. The molecular formula is C11H11N5O2S. The molecule has 1 aliphatic heterocycles. The van der Waals surface area contributed by atoms with Gasteiger partial charge in [0.2, 0.25) is 17.8 Å². The molecule has 2 amide bonds. The molecular weight excluding hydrogens is 266 g/mol. The van der Waals surface area contributed by atoms with Gasteiger partial charge in [-0.05, 0) is 24.4 Å². The van der Waals surface area contributed by atoms with Crippen molar-refractivity contribution in [3.05, 3.63) is 30.3 Å². The second-order valence-electron chi connectivity index (χ2n) is 3.67. The quantitative estimate of drug-likeness (QED) is 0.343. The Bertz CT molecular complexity index is 525. The van der Waals surface area contributed by atoms with Crippen molar-refractivity contribution < 1.29 is 9.59 Å². The molecule has 1 aliphatic rings. The van der Waals surface area contributed by atoms with E-state index in [1.165, 1.54) is 0 Å². The number of hydrogen-bond acceptors (Lipinski definition) is 4. The summed E-state index contributed by atoms with van der Waals surface area (Å²) in [7, 11) is 0. The fourth-order valence-corrected chi connectivity index (χ4v) is 1.54. The maximum Gasteiger partial charge on any atom is 0.236 e. The largest absolute Gasteiger partial charge is 0.331 e. The van der Waals surface area contributed by atoms with Crippen molar-refractivity contribution >= 4 is 40.8 Å². The second kappa shape index (κ2) is 5.91. The van der Waals surface area contributed by atoms with E-state index in [1.54, 1.807) is 0 Å². The lowest BCUT2D eigenvalue weighted by molar-refractivity contribution is -0.129. The number of guanidine groups is 1. The van der Waals surface area contributed by atoms with Gasteiger partial charge >= 0.3 is 0 Å². The van der Waals surface area contributed by atoms with Crippen LogP contribution in [0.5, 0.6) is 0 Å². The van der Waals surface area contributed by atoms with E-state index in [0.29, 0.717) is 0 Å². The average molecular weight is 277 g/mol. The SMILES string of the molecule is O=C1CC(=O)NC(=NNC(=S)Nc2ccccc2)N1. The highest BCUT2D eigenvalue weighted by molar-refractivity contribution is 7.80. The van der Waals surface area contributed by atoms with Gasteiger partial charge in [-0.1, -0.05) is 18.2 Å². The zero-order valence-corrected chi connectivity index (χ0v) is 10.6. The summed E-state index contributed by atoms with van der Waals surface area (Å²) in [6.45, 7) is 0. The minimum absolute atomic E-state index is 0.0264. The first kappa shape index (κ1) is 13.0. The minimum Gasteiger partial charge on any atom is -0.331 e. The predicted octanol–water partition coefficient (Wildman–Crippen LogP) is -0.120. The molecule has 1 aromatic rings. The smallest absolute Gasteiger partial charge is 0.236 e. The molecule has 0 spiro atoms. The fourth-order valence-electron chi connectivity index (χ4n) is 1.37. The lowest BCUT2D eigenvalue weighted by Crippen LogP contribution is -2.51. The molecule has 19 heavy (non-hydrogen) atoms. The molecule has 0 unspecified atom stereocenters.